The van der Waals surface area contributed by atoms with Crippen molar-refractivity contribution in [1.82, 2.24) is 0 Å². The third-order valence-electron chi connectivity index (χ3n) is 0. The van der Waals surface area contributed by atoms with E-state index in [1.54, 1.807) is 0 Å². The van der Waals surface area contributed by atoms with Crippen molar-refractivity contribution < 1.29 is 53.0 Å². The predicted octanol–water partition coefficient (Wildman–Crippen LogP) is -0.775. The van der Waals surface area contributed by atoms with Crippen molar-refractivity contribution in [2.24, 2.45) is 0 Å². The van der Waals surface area contributed by atoms with Gasteiger partial charge in [0.25, 0.3) is 0 Å². The molecule has 0 fully saturated rings. The molecule has 5 heavy (non-hydrogen) atoms. The Morgan fingerprint density at radius 3 is 1.20 bits per heavy atom. The zero-order chi connectivity index (χ0) is 2.00. The quantitative estimate of drug-likeness (QED) is 0.466. The Kier molecular flexibility index (Phi) is 222. The van der Waals surface area contributed by atoms with Crippen molar-refractivity contribution in [2.75, 3.05) is 0 Å². The molecule has 5 heteroatoms. The van der Waals surface area contributed by atoms with Crippen LogP contribution in [0.25, 0.3) is 0 Å². The molecule has 0 bridgehead atoms. The molecule has 1 radical (unpaired) electrons. The van der Waals surface area contributed by atoms with E-state index in [2.05, 4.69) is 0 Å². The first-order chi connectivity index (χ1) is 1.00. The molecule has 0 aromatic carbocycles. The van der Waals surface area contributed by atoms with Crippen LogP contribution < -0.4 is 0 Å². The first-order valence-corrected chi connectivity index (χ1v) is 0.595. The van der Waals surface area contributed by atoms with Crippen molar-refractivity contribution in [3.63, 3.8) is 0 Å². The van der Waals surface area contributed by atoms with E-state index < -0.39 is 0 Å². The fourth-order valence-corrected chi connectivity index (χ4v) is 0. The van der Waals surface area contributed by atoms with Gasteiger partial charge < -0.3 is 0 Å². The van der Waals surface area contributed by atoms with E-state index in [-0.39, 0.29) is 52.1 Å². The molecule has 1 nitrogen and oxygen atoms in total. The van der Waals surface area contributed by atoms with Gasteiger partial charge in [0.05, 0.1) is 0 Å². The SMILES string of the molecule is [Co].[LiH].[Ni].[O]=[Fe]. The first-order valence-electron chi connectivity index (χ1n) is 0.144. The van der Waals surface area contributed by atoms with E-state index in [1.807, 2.05) is 15.9 Å². The van der Waals surface area contributed by atoms with Gasteiger partial charge in [-0.15, -0.1) is 0 Å². The van der Waals surface area contributed by atoms with Crippen molar-refractivity contribution in [3.8, 4) is 0 Å². The van der Waals surface area contributed by atoms with Crippen molar-refractivity contribution in [1.29, 1.82) is 0 Å². The summed E-state index contributed by atoms with van der Waals surface area (Å²) in [5.41, 5.74) is 0. The normalized spacial score (nSPS) is 1.00. The van der Waals surface area contributed by atoms with Crippen molar-refractivity contribution in [2.45, 2.75) is 0 Å². The Hall–Kier alpha value is 1.92. The Labute approximate surface area is 71.3 Å². The Morgan fingerprint density at radius 1 is 1.20 bits per heavy atom. The van der Waals surface area contributed by atoms with Gasteiger partial charge in [-0.25, -0.2) is 0 Å². The Balaban J connectivity index is -0.00000000167. The molecule has 0 spiro atoms. The van der Waals surface area contributed by atoms with Crippen LogP contribution in [0, 0.1) is 0 Å². The molecule has 0 N–H and O–H groups in total. The fourth-order valence-electron chi connectivity index (χ4n) is 0. The second kappa shape index (κ2) is 38.9. The minimum atomic E-state index is 0. The summed E-state index contributed by atoms with van der Waals surface area (Å²) in [5, 5.41) is 0. The average molecular weight is 197 g/mol. The van der Waals surface area contributed by atoms with Crippen molar-refractivity contribution in [3.05, 3.63) is 0 Å². The second-order valence-electron chi connectivity index (χ2n) is 0. The third kappa shape index (κ3) is 24.7. The number of hydrogen-bond acceptors (Lipinski definition) is 1. The average Bonchev–Trinajstić information content (AvgIpc) is 1.00. The monoisotopic (exact) mass is 197 g/mol. The van der Waals surface area contributed by atoms with Gasteiger partial charge >= 0.3 is 38.6 Å². The summed E-state index contributed by atoms with van der Waals surface area (Å²) in [6.07, 6.45) is 0. The summed E-state index contributed by atoms with van der Waals surface area (Å²) in [5.74, 6) is 0. The number of rotatable bonds is 0. The van der Waals surface area contributed by atoms with Crippen LogP contribution in [-0.4, -0.2) is 18.9 Å². The van der Waals surface area contributed by atoms with E-state index >= 15 is 0 Å². The summed E-state index contributed by atoms with van der Waals surface area (Å²) in [6, 6.07) is 0. The molecule has 0 heterocycles. The van der Waals surface area contributed by atoms with E-state index in [0.717, 1.165) is 0 Å². The Morgan fingerprint density at radius 2 is 1.20 bits per heavy atom. The molecule has 0 aromatic heterocycles. The van der Waals surface area contributed by atoms with Crippen molar-refractivity contribution >= 4 is 18.9 Å². The molecule has 0 atom stereocenters. The maximum absolute atomic E-state index is 8.00. The van der Waals surface area contributed by atoms with Gasteiger partial charge in [0.2, 0.25) is 0 Å². The van der Waals surface area contributed by atoms with Gasteiger partial charge in [-0.05, 0) is 0 Å². The fraction of sp³-hybridized carbons (Fsp3) is 0. The van der Waals surface area contributed by atoms with E-state index in [9.17, 15) is 0 Å². The van der Waals surface area contributed by atoms with E-state index in [1.165, 1.54) is 0 Å². The first kappa shape index (κ1) is 28.5. The predicted molar refractivity (Wildman–Crippen MR) is 7.84 cm³/mol. The van der Waals surface area contributed by atoms with Gasteiger partial charge in [-0.3, -0.25) is 0 Å². The van der Waals surface area contributed by atoms with Crippen LogP contribution in [0.5, 0.6) is 0 Å². The van der Waals surface area contributed by atoms with Crippen LogP contribution in [0.2, 0.25) is 0 Å². The van der Waals surface area contributed by atoms with Crippen LogP contribution in [0.1, 0.15) is 0 Å². The van der Waals surface area contributed by atoms with Gasteiger partial charge in [-0.2, -0.15) is 0 Å². The minimum absolute atomic E-state index is 0. The molecular formula is HCoFeLiNiO. The molecule has 35 valence electrons. The molecule has 0 aliphatic carbocycles. The molecule has 0 unspecified atom stereocenters. The molecular weight excluding hydrogens is 196 g/mol. The number of hydrogen-bond donors (Lipinski definition) is 0. The standard InChI is InChI=1S/Co.Fe.Li.Ni.O.H. The van der Waals surface area contributed by atoms with Crippen LogP contribution in [-0.2, 0) is 53.0 Å². The van der Waals surface area contributed by atoms with Crippen LogP contribution in [0.15, 0.2) is 0 Å². The van der Waals surface area contributed by atoms with E-state index in [0.29, 0.717) is 0 Å². The molecule has 0 saturated carbocycles. The zero-order valence-electron chi connectivity index (χ0n) is 1.41. The Bertz CT molecular complexity index is 11.6. The molecule has 0 amide bonds. The van der Waals surface area contributed by atoms with E-state index in [4.69, 9.17) is 3.83 Å². The molecule has 0 aliphatic rings. The molecule has 0 aromatic rings. The van der Waals surface area contributed by atoms with Gasteiger partial charge in [0, 0.05) is 33.3 Å². The molecule has 0 aliphatic heterocycles. The molecule has 0 saturated heterocycles. The maximum atomic E-state index is 8.00. The van der Waals surface area contributed by atoms with Gasteiger partial charge in [-0.1, -0.05) is 0 Å². The summed E-state index contributed by atoms with van der Waals surface area (Å²) in [6.45, 7) is 0. The molecule has 0 rings (SSSR count). The van der Waals surface area contributed by atoms with Crippen LogP contribution >= 0.6 is 0 Å². The third-order valence-corrected chi connectivity index (χ3v) is 0. The van der Waals surface area contributed by atoms with Crippen LogP contribution in [0.3, 0.4) is 0 Å². The summed E-state index contributed by atoms with van der Waals surface area (Å²) < 4.78 is 8.00. The topological polar surface area (TPSA) is 17.1 Å². The summed E-state index contributed by atoms with van der Waals surface area (Å²) in [4.78, 5) is 0. The van der Waals surface area contributed by atoms with Gasteiger partial charge in [0.1, 0.15) is 0 Å². The van der Waals surface area contributed by atoms with Crippen LogP contribution in [0.4, 0.5) is 0 Å². The zero-order valence-corrected chi connectivity index (χ0v) is 4.54. The summed E-state index contributed by atoms with van der Waals surface area (Å²) >= 11 is 2.00. The van der Waals surface area contributed by atoms with Gasteiger partial charge in [0.15, 0.2) is 0 Å². The second-order valence-corrected chi connectivity index (χ2v) is 0. The summed E-state index contributed by atoms with van der Waals surface area (Å²) in [7, 11) is 0.